The molecule has 0 spiro atoms. The van der Waals surface area contributed by atoms with Crippen molar-refractivity contribution in [1.82, 2.24) is 4.98 Å². The molecule has 0 saturated carbocycles. The third kappa shape index (κ3) is 2.68. The van der Waals surface area contributed by atoms with Crippen LogP contribution in [0.25, 0.3) is 0 Å². The van der Waals surface area contributed by atoms with Gasteiger partial charge in [0.15, 0.2) is 0 Å². The molecule has 78 valence electrons. The van der Waals surface area contributed by atoms with E-state index in [-0.39, 0.29) is 18.6 Å². The maximum atomic E-state index is 11.2. The predicted molar refractivity (Wildman–Crippen MR) is 52.1 cm³/mol. The average molecular weight is 206 g/mol. The highest BCUT2D eigenvalue weighted by molar-refractivity contribution is 5.73. The van der Waals surface area contributed by atoms with E-state index in [0.29, 0.717) is 5.56 Å². The zero-order chi connectivity index (χ0) is 11.3. The van der Waals surface area contributed by atoms with Crippen LogP contribution in [0.3, 0.4) is 0 Å². The van der Waals surface area contributed by atoms with Crippen molar-refractivity contribution in [2.45, 2.75) is 13.3 Å². The Hall–Kier alpha value is -2.09. The first-order valence-electron chi connectivity index (χ1n) is 4.45. The fourth-order valence-electron chi connectivity index (χ4n) is 1.16. The molecular formula is C10H10N2O3. The Labute approximate surface area is 86.3 Å². The van der Waals surface area contributed by atoms with Crippen molar-refractivity contribution >= 4 is 5.97 Å². The molecule has 0 fully saturated rings. The maximum Gasteiger partial charge on any atom is 0.310 e. The maximum absolute atomic E-state index is 11.2. The van der Waals surface area contributed by atoms with Gasteiger partial charge in [0.25, 0.3) is 5.56 Å². The zero-order valence-corrected chi connectivity index (χ0v) is 8.24. The lowest BCUT2D eigenvalue weighted by Gasteiger charge is -2.02. The van der Waals surface area contributed by atoms with Gasteiger partial charge in [0.05, 0.1) is 13.0 Å². The number of carbonyl (C=O) groups excluding carboxylic acids is 1. The summed E-state index contributed by atoms with van der Waals surface area (Å²) >= 11 is 0. The Morgan fingerprint density at radius 2 is 2.40 bits per heavy atom. The van der Waals surface area contributed by atoms with Gasteiger partial charge < -0.3 is 9.72 Å². The van der Waals surface area contributed by atoms with Crippen LogP contribution in [-0.2, 0) is 16.0 Å². The predicted octanol–water partition coefficient (Wildman–Crippen LogP) is 0.352. The Bertz CT molecular complexity index is 456. The van der Waals surface area contributed by atoms with E-state index in [4.69, 9.17) is 10.00 Å². The minimum atomic E-state index is -0.487. The topological polar surface area (TPSA) is 83.0 Å². The monoisotopic (exact) mass is 206 g/mol. The second-order valence-electron chi connectivity index (χ2n) is 2.80. The van der Waals surface area contributed by atoms with Gasteiger partial charge in [-0.1, -0.05) is 0 Å². The number of rotatable bonds is 3. The summed E-state index contributed by atoms with van der Waals surface area (Å²) in [4.78, 5) is 24.7. The second kappa shape index (κ2) is 4.96. The van der Waals surface area contributed by atoms with Crippen LogP contribution < -0.4 is 5.56 Å². The van der Waals surface area contributed by atoms with E-state index < -0.39 is 11.5 Å². The van der Waals surface area contributed by atoms with Gasteiger partial charge in [-0.15, -0.1) is 0 Å². The van der Waals surface area contributed by atoms with Crippen LogP contribution in [-0.4, -0.2) is 17.6 Å². The van der Waals surface area contributed by atoms with Crippen LogP contribution >= 0.6 is 0 Å². The molecule has 1 aromatic heterocycles. The molecule has 0 unspecified atom stereocenters. The molecule has 5 nitrogen and oxygen atoms in total. The van der Waals surface area contributed by atoms with E-state index >= 15 is 0 Å². The number of esters is 1. The molecule has 1 heterocycles. The van der Waals surface area contributed by atoms with Gasteiger partial charge in [0.1, 0.15) is 11.6 Å². The summed E-state index contributed by atoms with van der Waals surface area (Å²) in [5.74, 6) is -0.445. The van der Waals surface area contributed by atoms with E-state index in [1.807, 2.05) is 0 Å². The van der Waals surface area contributed by atoms with Gasteiger partial charge in [-0.05, 0) is 18.6 Å². The summed E-state index contributed by atoms with van der Waals surface area (Å²) < 4.78 is 4.72. The van der Waals surface area contributed by atoms with Gasteiger partial charge in [-0.25, -0.2) is 0 Å². The third-order valence-corrected chi connectivity index (χ3v) is 1.80. The van der Waals surface area contributed by atoms with Crippen LogP contribution in [0, 0.1) is 11.3 Å². The number of nitrogens with one attached hydrogen (secondary N) is 1. The summed E-state index contributed by atoms with van der Waals surface area (Å²) in [6, 6.07) is 3.28. The van der Waals surface area contributed by atoms with Crippen molar-refractivity contribution in [3.63, 3.8) is 0 Å². The lowest BCUT2D eigenvalue weighted by Crippen LogP contribution is -2.16. The number of aromatic amines is 1. The number of nitriles is 1. The fourth-order valence-corrected chi connectivity index (χ4v) is 1.16. The van der Waals surface area contributed by atoms with Crippen LogP contribution in [0.4, 0.5) is 0 Å². The molecule has 1 N–H and O–H groups in total. The Morgan fingerprint density at radius 1 is 1.67 bits per heavy atom. The van der Waals surface area contributed by atoms with Crippen molar-refractivity contribution in [2.75, 3.05) is 6.61 Å². The van der Waals surface area contributed by atoms with E-state index in [2.05, 4.69) is 4.98 Å². The number of hydrogen-bond donors (Lipinski definition) is 1. The normalized spacial score (nSPS) is 9.33. The minimum Gasteiger partial charge on any atom is -0.466 e. The van der Waals surface area contributed by atoms with Gasteiger partial charge in [0, 0.05) is 6.20 Å². The quantitative estimate of drug-likeness (QED) is 0.723. The largest absolute Gasteiger partial charge is 0.466 e. The summed E-state index contributed by atoms with van der Waals surface area (Å²) in [6.07, 6.45) is 1.35. The highest BCUT2D eigenvalue weighted by Crippen LogP contribution is 2.03. The Kier molecular flexibility index (Phi) is 3.63. The molecule has 0 aliphatic heterocycles. The highest BCUT2D eigenvalue weighted by Gasteiger charge is 2.10. The standard InChI is InChI=1S/C10H10N2O3/c1-2-15-9(13)5-7-3-4-12-10(14)8(7)6-11/h3-4H,2,5H2,1H3,(H,12,14). The molecule has 0 aromatic carbocycles. The summed E-state index contributed by atoms with van der Waals surface area (Å²) in [5, 5.41) is 8.72. The first-order chi connectivity index (χ1) is 7.19. The molecule has 0 radical (unpaired) electrons. The number of ether oxygens (including phenoxy) is 1. The first kappa shape index (κ1) is 11.0. The van der Waals surface area contributed by atoms with Gasteiger partial charge in [-0.2, -0.15) is 5.26 Å². The number of hydrogen-bond acceptors (Lipinski definition) is 4. The van der Waals surface area contributed by atoms with Crippen molar-refractivity contribution in [1.29, 1.82) is 5.26 Å². The van der Waals surface area contributed by atoms with Crippen LogP contribution in [0.5, 0.6) is 0 Å². The second-order valence-corrected chi connectivity index (χ2v) is 2.80. The Balaban J connectivity index is 2.96. The molecular weight excluding hydrogens is 196 g/mol. The Morgan fingerprint density at radius 3 is 3.00 bits per heavy atom. The molecule has 0 saturated heterocycles. The molecule has 0 aliphatic carbocycles. The smallest absolute Gasteiger partial charge is 0.310 e. The zero-order valence-electron chi connectivity index (χ0n) is 8.24. The number of pyridine rings is 1. The lowest BCUT2D eigenvalue weighted by atomic mass is 10.1. The molecule has 15 heavy (non-hydrogen) atoms. The molecule has 0 aliphatic rings. The molecule has 1 rings (SSSR count). The number of aromatic nitrogens is 1. The molecule has 1 aromatic rings. The number of H-pyrrole nitrogens is 1. The van der Waals surface area contributed by atoms with E-state index in [1.165, 1.54) is 12.3 Å². The first-order valence-corrected chi connectivity index (χ1v) is 4.45. The SMILES string of the molecule is CCOC(=O)Cc1cc[nH]c(=O)c1C#N. The van der Waals surface area contributed by atoms with Crippen LogP contribution in [0.15, 0.2) is 17.1 Å². The molecule has 0 atom stereocenters. The fraction of sp³-hybridized carbons (Fsp3) is 0.300. The summed E-state index contributed by atoms with van der Waals surface area (Å²) in [6.45, 7) is 1.98. The van der Waals surface area contributed by atoms with Crippen molar-refractivity contribution in [3.05, 3.63) is 33.7 Å². The van der Waals surface area contributed by atoms with Gasteiger partial charge in [-0.3, -0.25) is 9.59 Å². The van der Waals surface area contributed by atoms with Gasteiger partial charge >= 0.3 is 5.97 Å². The summed E-state index contributed by atoms with van der Waals surface area (Å²) in [7, 11) is 0. The van der Waals surface area contributed by atoms with Crippen LogP contribution in [0.1, 0.15) is 18.1 Å². The van der Waals surface area contributed by atoms with E-state index in [1.54, 1.807) is 13.0 Å². The number of carbonyl (C=O) groups is 1. The highest BCUT2D eigenvalue weighted by atomic mass is 16.5. The lowest BCUT2D eigenvalue weighted by molar-refractivity contribution is -0.142. The van der Waals surface area contributed by atoms with E-state index in [9.17, 15) is 9.59 Å². The molecule has 0 bridgehead atoms. The minimum absolute atomic E-state index is 0.0365. The van der Waals surface area contributed by atoms with Crippen molar-refractivity contribution in [2.24, 2.45) is 0 Å². The molecule has 5 heteroatoms. The van der Waals surface area contributed by atoms with Gasteiger partial charge in [0.2, 0.25) is 0 Å². The van der Waals surface area contributed by atoms with Crippen molar-refractivity contribution < 1.29 is 9.53 Å². The van der Waals surface area contributed by atoms with Crippen molar-refractivity contribution in [3.8, 4) is 6.07 Å². The molecule has 0 amide bonds. The third-order valence-electron chi connectivity index (χ3n) is 1.80. The average Bonchev–Trinajstić information content (AvgIpc) is 2.18. The van der Waals surface area contributed by atoms with Crippen LogP contribution in [0.2, 0.25) is 0 Å². The summed E-state index contributed by atoms with van der Waals surface area (Å²) in [5.41, 5.74) is -0.135. The number of nitrogens with zero attached hydrogens (tertiary/aromatic N) is 1. The van der Waals surface area contributed by atoms with E-state index in [0.717, 1.165) is 0 Å².